The number of nitrogens with one attached hydrogen (secondary N) is 1. The number of amides is 1. The molecule has 130 valence electrons. The molecule has 1 saturated carbocycles. The van der Waals surface area contributed by atoms with Crippen LogP contribution in [0.15, 0.2) is 5.16 Å². The Morgan fingerprint density at radius 2 is 2.04 bits per heavy atom. The molecule has 0 aromatic carbocycles. The molecule has 0 bridgehead atoms. The highest BCUT2D eigenvalue weighted by molar-refractivity contribution is 8.00. The third-order valence-electron chi connectivity index (χ3n) is 4.01. The van der Waals surface area contributed by atoms with Crippen LogP contribution in [0.2, 0.25) is 0 Å². The minimum atomic E-state index is -4.68. The van der Waals surface area contributed by atoms with Gasteiger partial charge < -0.3 is 11.2 Å². The van der Waals surface area contributed by atoms with Crippen molar-refractivity contribution in [1.29, 1.82) is 0 Å². The van der Waals surface area contributed by atoms with Gasteiger partial charge in [-0.1, -0.05) is 31.5 Å². The lowest BCUT2D eigenvalue weighted by atomic mass is 9.86. The first kappa shape index (κ1) is 17.9. The van der Waals surface area contributed by atoms with Gasteiger partial charge in [0, 0.05) is 6.04 Å². The van der Waals surface area contributed by atoms with Crippen molar-refractivity contribution in [2.45, 2.75) is 62.2 Å². The van der Waals surface area contributed by atoms with E-state index in [0.717, 1.165) is 37.4 Å². The number of alkyl halides is 3. The second-order valence-corrected chi connectivity index (χ2v) is 7.12. The summed E-state index contributed by atoms with van der Waals surface area (Å²) in [6.07, 6.45) is -0.449. The molecule has 3 N–H and O–H groups in total. The van der Waals surface area contributed by atoms with Gasteiger partial charge >= 0.3 is 6.18 Å². The first-order chi connectivity index (χ1) is 10.7. The summed E-state index contributed by atoms with van der Waals surface area (Å²) in [6.45, 7) is 3.70. The van der Waals surface area contributed by atoms with Gasteiger partial charge in [0.1, 0.15) is 0 Å². The largest absolute Gasteiger partial charge is 0.453 e. The fourth-order valence-corrected chi connectivity index (χ4v) is 3.37. The Morgan fingerprint density at radius 3 is 2.61 bits per heavy atom. The van der Waals surface area contributed by atoms with Crippen molar-refractivity contribution in [3.8, 4) is 0 Å². The summed E-state index contributed by atoms with van der Waals surface area (Å²) in [5.74, 6) is 4.25. The van der Waals surface area contributed by atoms with Crippen molar-refractivity contribution < 1.29 is 18.0 Å². The van der Waals surface area contributed by atoms with Crippen molar-refractivity contribution in [2.75, 3.05) is 5.84 Å². The number of carbonyl (C=O) groups excluding carboxylic acids is 1. The van der Waals surface area contributed by atoms with Gasteiger partial charge in [-0.3, -0.25) is 4.79 Å². The van der Waals surface area contributed by atoms with Crippen molar-refractivity contribution in [1.82, 2.24) is 20.2 Å². The standard InChI is InChI=1S/C13H20F3N5OS/c1-7-5-3-4-6-9(7)18-10(22)8(2)23-12-20-19-11(21(12)17)13(14,15)16/h7-9H,3-6,17H2,1-2H3,(H,18,22)/t7-,8-,9+/m1/s1. The van der Waals surface area contributed by atoms with E-state index >= 15 is 0 Å². The lowest BCUT2D eigenvalue weighted by Gasteiger charge is -2.30. The van der Waals surface area contributed by atoms with E-state index in [1.54, 1.807) is 6.92 Å². The summed E-state index contributed by atoms with van der Waals surface area (Å²) in [7, 11) is 0. The molecular formula is C13H20F3N5OS. The smallest absolute Gasteiger partial charge is 0.352 e. The molecule has 0 radical (unpaired) electrons. The van der Waals surface area contributed by atoms with Crippen molar-refractivity contribution in [3.63, 3.8) is 0 Å². The highest BCUT2D eigenvalue weighted by atomic mass is 32.2. The van der Waals surface area contributed by atoms with Crippen molar-refractivity contribution in [2.24, 2.45) is 5.92 Å². The van der Waals surface area contributed by atoms with Crippen LogP contribution in [-0.4, -0.2) is 32.1 Å². The molecule has 6 nitrogen and oxygen atoms in total. The maximum atomic E-state index is 12.6. The number of hydrogen-bond donors (Lipinski definition) is 2. The Morgan fingerprint density at radius 1 is 1.39 bits per heavy atom. The van der Waals surface area contributed by atoms with E-state index in [-0.39, 0.29) is 17.1 Å². The third-order valence-corrected chi connectivity index (χ3v) is 5.07. The number of halogens is 3. The fourth-order valence-electron chi connectivity index (χ4n) is 2.59. The number of aromatic nitrogens is 3. The maximum absolute atomic E-state index is 12.6. The van der Waals surface area contributed by atoms with Crippen LogP contribution in [0.25, 0.3) is 0 Å². The lowest BCUT2D eigenvalue weighted by molar-refractivity contribution is -0.146. The van der Waals surface area contributed by atoms with Crippen molar-refractivity contribution in [3.05, 3.63) is 5.82 Å². The zero-order valence-electron chi connectivity index (χ0n) is 12.9. The average Bonchev–Trinajstić information content (AvgIpc) is 2.82. The van der Waals surface area contributed by atoms with Gasteiger partial charge in [0.25, 0.3) is 5.82 Å². The number of nitrogens with two attached hydrogens (primary N) is 1. The average molecular weight is 351 g/mol. The molecule has 3 atom stereocenters. The van der Waals surface area contributed by atoms with Gasteiger partial charge in [-0.05, 0) is 25.7 Å². The van der Waals surface area contributed by atoms with Gasteiger partial charge in [-0.25, -0.2) is 4.68 Å². The fraction of sp³-hybridized carbons (Fsp3) is 0.769. The molecule has 2 rings (SSSR count). The van der Waals surface area contributed by atoms with Crippen LogP contribution in [0.5, 0.6) is 0 Å². The van der Waals surface area contributed by atoms with E-state index < -0.39 is 17.3 Å². The summed E-state index contributed by atoms with van der Waals surface area (Å²) in [5.41, 5.74) is 0. The van der Waals surface area contributed by atoms with Crippen LogP contribution in [0, 0.1) is 5.92 Å². The minimum absolute atomic E-state index is 0.112. The van der Waals surface area contributed by atoms with Crippen LogP contribution in [0.4, 0.5) is 13.2 Å². The number of nitrogens with zero attached hydrogens (tertiary/aromatic N) is 3. The highest BCUT2D eigenvalue weighted by Crippen LogP contribution is 2.30. The molecule has 10 heteroatoms. The predicted molar refractivity (Wildman–Crippen MR) is 80.1 cm³/mol. The van der Waals surface area contributed by atoms with E-state index in [4.69, 9.17) is 5.84 Å². The molecule has 1 heterocycles. The number of nitrogen functional groups attached to an aromatic ring is 1. The van der Waals surface area contributed by atoms with Crippen LogP contribution >= 0.6 is 11.8 Å². The zero-order chi connectivity index (χ0) is 17.2. The number of carbonyl (C=O) groups is 1. The van der Waals surface area contributed by atoms with Crippen LogP contribution < -0.4 is 11.2 Å². The van der Waals surface area contributed by atoms with Gasteiger partial charge in [0.15, 0.2) is 0 Å². The van der Waals surface area contributed by atoms with Gasteiger partial charge in [0.05, 0.1) is 5.25 Å². The summed E-state index contributed by atoms with van der Waals surface area (Å²) in [4.78, 5) is 12.2. The molecule has 0 aliphatic heterocycles. The van der Waals surface area contributed by atoms with E-state index in [0.29, 0.717) is 10.6 Å². The van der Waals surface area contributed by atoms with E-state index in [1.807, 2.05) is 0 Å². The van der Waals surface area contributed by atoms with Gasteiger partial charge in [-0.2, -0.15) is 13.2 Å². The highest BCUT2D eigenvalue weighted by Gasteiger charge is 2.38. The van der Waals surface area contributed by atoms with Crippen molar-refractivity contribution >= 4 is 17.7 Å². The monoisotopic (exact) mass is 351 g/mol. The SMILES string of the molecule is C[C@@H]1CCCC[C@@H]1NC(=O)[C@@H](C)Sc1nnc(C(F)(F)F)n1N. The molecule has 0 spiro atoms. The Bertz CT molecular complexity index is 562. The Hall–Kier alpha value is -1.45. The zero-order valence-corrected chi connectivity index (χ0v) is 13.7. The third kappa shape index (κ3) is 4.30. The lowest BCUT2D eigenvalue weighted by Crippen LogP contribution is -2.44. The van der Waals surface area contributed by atoms with E-state index in [9.17, 15) is 18.0 Å². The Balaban J connectivity index is 1.97. The summed E-state index contributed by atoms with van der Waals surface area (Å²) in [6, 6.07) is 0.112. The normalized spacial score (nSPS) is 23.5. The Kier molecular flexibility index (Phi) is 5.43. The van der Waals surface area contributed by atoms with E-state index in [1.165, 1.54) is 0 Å². The first-order valence-corrected chi connectivity index (χ1v) is 8.33. The number of hydrogen-bond acceptors (Lipinski definition) is 5. The second-order valence-electron chi connectivity index (χ2n) is 5.81. The maximum Gasteiger partial charge on any atom is 0.453 e. The van der Waals surface area contributed by atoms with Crippen LogP contribution in [-0.2, 0) is 11.0 Å². The molecule has 23 heavy (non-hydrogen) atoms. The predicted octanol–water partition coefficient (Wildman–Crippen LogP) is 2.19. The molecule has 1 fully saturated rings. The topological polar surface area (TPSA) is 85.8 Å². The quantitative estimate of drug-likeness (QED) is 0.641. The van der Waals surface area contributed by atoms with E-state index in [2.05, 4.69) is 22.4 Å². The summed E-state index contributed by atoms with van der Waals surface area (Å²) >= 11 is 0.857. The van der Waals surface area contributed by atoms with Gasteiger partial charge in [0.2, 0.25) is 11.1 Å². The summed E-state index contributed by atoms with van der Waals surface area (Å²) in [5, 5.41) is 8.66. The molecule has 1 amide bonds. The molecule has 0 saturated heterocycles. The molecule has 0 unspecified atom stereocenters. The summed E-state index contributed by atoms with van der Waals surface area (Å²) < 4.78 is 38.2. The molecule has 1 aliphatic carbocycles. The minimum Gasteiger partial charge on any atom is -0.352 e. The van der Waals surface area contributed by atoms with Crippen LogP contribution in [0.1, 0.15) is 45.4 Å². The molecule has 1 aromatic rings. The van der Waals surface area contributed by atoms with Gasteiger partial charge in [-0.15, -0.1) is 10.2 Å². The first-order valence-electron chi connectivity index (χ1n) is 7.45. The Labute approximate surface area is 136 Å². The molecule has 1 aliphatic rings. The van der Waals surface area contributed by atoms with Crippen LogP contribution in [0.3, 0.4) is 0 Å². The number of thioether (sulfide) groups is 1. The molecule has 1 aromatic heterocycles. The second kappa shape index (κ2) is 6.98. The number of rotatable bonds is 4. The molecular weight excluding hydrogens is 331 g/mol.